The van der Waals surface area contributed by atoms with E-state index in [1.54, 1.807) is 0 Å². The number of fused-ring (bicyclic) bond motifs is 2. The van der Waals surface area contributed by atoms with Gasteiger partial charge in [0, 0.05) is 19.7 Å². The molecule has 2 aliphatic rings. The Bertz CT molecular complexity index is 308. The van der Waals surface area contributed by atoms with E-state index in [0.29, 0.717) is 13.0 Å². The van der Waals surface area contributed by atoms with E-state index in [9.17, 15) is 4.79 Å². The van der Waals surface area contributed by atoms with Gasteiger partial charge in [-0.1, -0.05) is 6.42 Å². The summed E-state index contributed by atoms with van der Waals surface area (Å²) in [7, 11) is 2.11. The van der Waals surface area contributed by atoms with Gasteiger partial charge in [0.2, 0.25) is 0 Å². The van der Waals surface area contributed by atoms with Crippen molar-refractivity contribution >= 4 is 5.97 Å². The molecule has 0 heterocycles. The molecule has 0 aromatic heterocycles. The highest BCUT2D eigenvalue weighted by Crippen LogP contribution is 2.48. The van der Waals surface area contributed by atoms with Gasteiger partial charge in [-0.15, -0.1) is 0 Å². The van der Waals surface area contributed by atoms with Crippen LogP contribution in [0.15, 0.2) is 0 Å². The third kappa shape index (κ3) is 3.93. The minimum Gasteiger partial charge on any atom is -0.479 e. The zero-order valence-electron chi connectivity index (χ0n) is 12.2. The maximum absolute atomic E-state index is 11.0. The van der Waals surface area contributed by atoms with Crippen LogP contribution in [-0.4, -0.2) is 48.8 Å². The number of carboxylic acids is 1. The summed E-state index contributed by atoms with van der Waals surface area (Å²) in [5.41, 5.74) is 0. The fourth-order valence-electron chi connectivity index (χ4n) is 3.91. The molecule has 0 saturated heterocycles. The van der Waals surface area contributed by atoms with Crippen LogP contribution in [0.25, 0.3) is 0 Å². The summed E-state index contributed by atoms with van der Waals surface area (Å²) in [6, 6.07) is 0. The van der Waals surface area contributed by atoms with Crippen molar-refractivity contribution in [3.63, 3.8) is 0 Å². The lowest BCUT2D eigenvalue weighted by molar-refractivity contribution is -0.150. The number of carboxylic acid groups (broad SMARTS) is 1. The van der Waals surface area contributed by atoms with Gasteiger partial charge in [0.15, 0.2) is 6.10 Å². The van der Waals surface area contributed by atoms with Crippen molar-refractivity contribution in [3.8, 4) is 0 Å². The van der Waals surface area contributed by atoms with Gasteiger partial charge in [-0.05, 0) is 57.4 Å². The Hall–Kier alpha value is -0.610. The Morgan fingerprint density at radius 1 is 1.42 bits per heavy atom. The summed E-state index contributed by atoms with van der Waals surface area (Å²) in [6.07, 6.45) is 5.63. The topological polar surface area (TPSA) is 49.8 Å². The van der Waals surface area contributed by atoms with Gasteiger partial charge in [-0.2, -0.15) is 0 Å². The number of rotatable bonds is 8. The molecule has 2 rings (SSSR count). The fraction of sp³-hybridized carbons (Fsp3) is 0.933. The maximum atomic E-state index is 11.0. The number of hydrogen-bond donors (Lipinski definition) is 1. The molecule has 2 fully saturated rings. The van der Waals surface area contributed by atoms with Crippen molar-refractivity contribution in [2.75, 3.05) is 26.7 Å². The summed E-state index contributed by atoms with van der Waals surface area (Å²) in [5.74, 6) is 1.93. The van der Waals surface area contributed by atoms with Gasteiger partial charge in [0.05, 0.1) is 0 Å². The third-order valence-corrected chi connectivity index (χ3v) is 4.85. The maximum Gasteiger partial charge on any atom is 0.332 e. The van der Waals surface area contributed by atoms with Crippen molar-refractivity contribution in [2.45, 2.75) is 45.1 Å². The van der Waals surface area contributed by atoms with Gasteiger partial charge in [-0.3, -0.25) is 0 Å². The van der Waals surface area contributed by atoms with Crippen LogP contribution in [-0.2, 0) is 9.53 Å². The van der Waals surface area contributed by atoms with Crippen LogP contribution >= 0.6 is 0 Å². The first-order valence-electron chi connectivity index (χ1n) is 7.63. The summed E-state index contributed by atoms with van der Waals surface area (Å²) in [4.78, 5) is 13.3. The number of aliphatic carboxylic acids is 1. The normalized spacial score (nSPS) is 31.0. The molecule has 1 N–H and O–H groups in total. The standard InChI is InChI=1S/C15H27NO3/c1-3-19-14(15(17)18)6-7-16(2)10-13-9-11-4-5-12(13)8-11/h11-14H,3-10H2,1-2H3,(H,17,18). The van der Waals surface area contributed by atoms with E-state index in [-0.39, 0.29) is 0 Å². The van der Waals surface area contributed by atoms with Gasteiger partial charge < -0.3 is 14.7 Å². The predicted molar refractivity (Wildman–Crippen MR) is 74.1 cm³/mol. The fourth-order valence-corrected chi connectivity index (χ4v) is 3.91. The third-order valence-electron chi connectivity index (χ3n) is 4.85. The van der Waals surface area contributed by atoms with Crippen molar-refractivity contribution in [2.24, 2.45) is 17.8 Å². The highest BCUT2D eigenvalue weighted by molar-refractivity contribution is 5.72. The van der Waals surface area contributed by atoms with Crippen molar-refractivity contribution in [1.82, 2.24) is 4.90 Å². The second-order valence-corrected chi connectivity index (χ2v) is 6.27. The Morgan fingerprint density at radius 2 is 2.21 bits per heavy atom. The average molecular weight is 269 g/mol. The van der Waals surface area contributed by atoms with E-state index in [1.165, 1.54) is 25.7 Å². The lowest BCUT2D eigenvalue weighted by Gasteiger charge is -2.27. The van der Waals surface area contributed by atoms with E-state index >= 15 is 0 Å². The predicted octanol–water partition coefficient (Wildman–Crippen LogP) is 2.23. The first kappa shape index (κ1) is 14.8. The van der Waals surface area contributed by atoms with Crippen LogP contribution in [0, 0.1) is 17.8 Å². The summed E-state index contributed by atoms with van der Waals surface area (Å²) >= 11 is 0. The highest BCUT2D eigenvalue weighted by atomic mass is 16.5. The lowest BCUT2D eigenvalue weighted by atomic mass is 9.88. The molecule has 4 nitrogen and oxygen atoms in total. The monoisotopic (exact) mass is 269 g/mol. The Labute approximate surface area is 116 Å². The van der Waals surface area contributed by atoms with Crippen molar-refractivity contribution < 1.29 is 14.6 Å². The molecule has 2 aliphatic carbocycles. The molecular weight excluding hydrogens is 242 g/mol. The van der Waals surface area contributed by atoms with Crippen LogP contribution in [0.4, 0.5) is 0 Å². The van der Waals surface area contributed by atoms with E-state index in [2.05, 4.69) is 11.9 Å². The lowest BCUT2D eigenvalue weighted by Crippen LogP contribution is -2.33. The highest BCUT2D eigenvalue weighted by Gasteiger charge is 2.39. The van der Waals surface area contributed by atoms with E-state index in [1.807, 2.05) is 6.92 Å². The second-order valence-electron chi connectivity index (χ2n) is 6.27. The van der Waals surface area contributed by atoms with E-state index in [0.717, 1.165) is 30.8 Å². The van der Waals surface area contributed by atoms with Gasteiger partial charge in [-0.25, -0.2) is 4.79 Å². The number of nitrogens with zero attached hydrogens (tertiary/aromatic N) is 1. The van der Waals surface area contributed by atoms with Crippen LogP contribution in [0.5, 0.6) is 0 Å². The Kier molecular flexibility index (Phi) is 5.22. The molecule has 2 bridgehead atoms. The minimum absolute atomic E-state index is 0.465. The molecule has 0 aromatic carbocycles. The molecule has 0 radical (unpaired) electrons. The molecule has 4 unspecified atom stereocenters. The van der Waals surface area contributed by atoms with Gasteiger partial charge >= 0.3 is 5.97 Å². The molecule has 19 heavy (non-hydrogen) atoms. The van der Waals surface area contributed by atoms with Crippen LogP contribution < -0.4 is 0 Å². The van der Waals surface area contributed by atoms with Crippen molar-refractivity contribution in [1.29, 1.82) is 0 Å². The van der Waals surface area contributed by atoms with Crippen LogP contribution in [0.3, 0.4) is 0 Å². The quantitative estimate of drug-likeness (QED) is 0.734. The molecule has 0 spiro atoms. The smallest absolute Gasteiger partial charge is 0.332 e. The Balaban J connectivity index is 1.69. The van der Waals surface area contributed by atoms with Crippen molar-refractivity contribution in [3.05, 3.63) is 0 Å². The van der Waals surface area contributed by atoms with Crippen LogP contribution in [0.2, 0.25) is 0 Å². The molecule has 0 amide bonds. The minimum atomic E-state index is -0.838. The largest absolute Gasteiger partial charge is 0.479 e. The molecule has 0 aromatic rings. The second kappa shape index (κ2) is 6.71. The number of hydrogen-bond acceptors (Lipinski definition) is 3. The molecule has 4 atom stereocenters. The molecule has 4 heteroatoms. The zero-order valence-corrected chi connectivity index (χ0v) is 12.2. The SMILES string of the molecule is CCOC(CCN(C)CC1CC2CCC1C2)C(=O)O. The summed E-state index contributed by atoms with van der Waals surface area (Å²) in [5, 5.41) is 9.04. The Morgan fingerprint density at radius 3 is 2.74 bits per heavy atom. The van der Waals surface area contributed by atoms with Gasteiger partial charge in [0.25, 0.3) is 0 Å². The molecule has 0 aliphatic heterocycles. The zero-order chi connectivity index (χ0) is 13.8. The van der Waals surface area contributed by atoms with E-state index in [4.69, 9.17) is 9.84 Å². The molecule has 2 saturated carbocycles. The average Bonchev–Trinajstić information content (AvgIpc) is 2.96. The summed E-state index contributed by atoms with van der Waals surface area (Å²) in [6.45, 7) is 4.24. The number of carbonyl (C=O) groups is 1. The van der Waals surface area contributed by atoms with E-state index < -0.39 is 12.1 Å². The molecular formula is C15H27NO3. The van der Waals surface area contributed by atoms with Gasteiger partial charge in [0.1, 0.15) is 0 Å². The first-order valence-corrected chi connectivity index (χ1v) is 7.63. The molecule has 110 valence electrons. The summed E-state index contributed by atoms with van der Waals surface area (Å²) < 4.78 is 5.25. The van der Waals surface area contributed by atoms with Crippen LogP contribution in [0.1, 0.15) is 39.0 Å². The first-order chi connectivity index (χ1) is 9.10. The number of ether oxygens (including phenoxy) is 1.